The Morgan fingerprint density at radius 1 is 1.53 bits per heavy atom. The van der Waals surface area contributed by atoms with Crippen LogP contribution in [0.2, 0.25) is 0 Å². The molecule has 0 bridgehead atoms. The van der Waals surface area contributed by atoms with Gasteiger partial charge in [0.1, 0.15) is 6.61 Å². The zero-order valence-corrected chi connectivity index (χ0v) is 10.9. The fourth-order valence-corrected chi connectivity index (χ4v) is 2.37. The monoisotopic (exact) mass is 243 g/mol. The average Bonchev–Trinajstić information content (AvgIpc) is 2.34. The van der Waals surface area contributed by atoms with Gasteiger partial charge in [0.15, 0.2) is 0 Å². The van der Waals surface area contributed by atoms with Crippen molar-refractivity contribution in [2.75, 3.05) is 32.8 Å². The molecule has 1 fully saturated rings. The number of ether oxygens (including phenoxy) is 1. The van der Waals surface area contributed by atoms with Gasteiger partial charge in [-0.15, -0.1) is 0 Å². The first-order chi connectivity index (χ1) is 8.13. The van der Waals surface area contributed by atoms with Crippen molar-refractivity contribution < 1.29 is 9.53 Å². The van der Waals surface area contributed by atoms with Crippen LogP contribution in [-0.4, -0.2) is 49.8 Å². The predicted molar refractivity (Wildman–Crippen MR) is 67.8 cm³/mol. The summed E-state index contributed by atoms with van der Waals surface area (Å²) >= 11 is 0. The van der Waals surface area contributed by atoms with Crippen molar-refractivity contribution in [3.63, 3.8) is 0 Å². The molecular weight excluding hydrogens is 218 g/mol. The molecule has 0 radical (unpaired) electrons. The molecular formula is C12H25N3O2. The molecule has 0 aromatic carbocycles. The molecule has 0 aromatic rings. The molecule has 1 saturated heterocycles. The lowest BCUT2D eigenvalue weighted by molar-refractivity contribution is 0.147. The van der Waals surface area contributed by atoms with Crippen LogP contribution < -0.4 is 11.1 Å². The number of nitrogens with one attached hydrogen (secondary N) is 1. The van der Waals surface area contributed by atoms with E-state index < -0.39 is 6.09 Å². The molecule has 0 aliphatic carbocycles. The van der Waals surface area contributed by atoms with E-state index in [1.807, 2.05) is 0 Å². The van der Waals surface area contributed by atoms with E-state index >= 15 is 0 Å². The Bertz CT molecular complexity index is 228. The van der Waals surface area contributed by atoms with Crippen LogP contribution in [0, 0.1) is 5.92 Å². The van der Waals surface area contributed by atoms with Crippen molar-refractivity contribution in [2.24, 2.45) is 11.7 Å². The number of primary amides is 1. The highest BCUT2D eigenvalue weighted by Gasteiger charge is 2.22. The van der Waals surface area contributed by atoms with Gasteiger partial charge < -0.3 is 20.7 Å². The Morgan fingerprint density at radius 2 is 2.18 bits per heavy atom. The van der Waals surface area contributed by atoms with Gasteiger partial charge in [-0.3, -0.25) is 0 Å². The zero-order valence-electron chi connectivity index (χ0n) is 10.9. The van der Waals surface area contributed by atoms with Gasteiger partial charge in [-0.2, -0.15) is 0 Å². The number of hydrogen-bond acceptors (Lipinski definition) is 4. The fraction of sp³-hybridized carbons (Fsp3) is 0.917. The number of hydrogen-bond donors (Lipinski definition) is 2. The molecule has 1 heterocycles. The van der Waals surface area contributed by atoms with Crippen LogP contribution in [0.1, 0.15) is 26.7 Å². The minimum atomic E-state index is -0.698. The minimum absolute atomic E-state index is 0.355. The summed E-state index contributed by atoms with van der Waals surface area (Å²) in [5, 5.41) is 3.39. The first kappa shape index (κ1) is 14.3. The van der Waals surface area contributed by atoms with Crippen molar-refractivity contribution >= 4 is 6.09 Å². The molecule has 1 aliphatic rings. The van der Waals surface area contributed by atoms with Crippen LogP contribution in [0.3, 0.4) is 0 Å². The van der Waals surface area contributed by atoms with Crippen LogP contribution in [0.15, 0.2) is 0 Å². The van der Waals surface area contributed by atoms with Gasteiger partial charge in [0.25, 0.3) is 0 Å². The second-order valence-electron chi connectivity index (χ2n) is 4.68. The van der Waals surface area contributed by atoms with Gasteiger partial charge in [0, 0.05) is 12.6 Å². The van der Waals surface area contributed by atoms with Crippen LogP contribution in [-0.2, 0) is 4.74 Å². The van der Waals surface area contributed by atoms with E-state index in [-0.39, 0.29) is 0 Å². The van der Waals surface area contributed by atoms with Crippen LogP contribution in [0.4, 0.5) is 4.79 Å². The fourth-order valence-electron chi connectivity index (χ4n) is 2.37. The summed E-state index contributed by atoms with van der Waals surface area (Å²) in [4.78, 5) is 12.9. The van der Waals surface area contributed by atoms with E-state index in [1.165, 1.54) is 25.9 Å². The van der Waals surface area contributed by atoms with Crippen molar-refractivity contribution in [3.8, 4) is 0 Å². The smallest absolute Gasteiger partial charge is 0.404 e. The van der Waals surface area contributed by atoms with E-state index in [0.717, 1.165) is 12.5 Å². The molecule has 3 N–H and O–H groups in total. The van der Waals surface area contributed by atoms with Gasteiger partial charge in [0.2, 0.25) is 0 Å². The third-order valence-electron chi connectivity index (χ3n) is 3.60. The Balaban J connectivity index is 2.11. The Hall–Kier alpha value is -0.810. The van der Waals surface area contributed by atoms with Crippen molar-refractivity contribution in [2.45, 2.75) is 32.7 Å². The number of carbonyl (C=O) groups is 1. The third kappa shape index (κ3) is 5.37. The molecule has 1 amide bonds. The summed E-state index contributed by atoms with van der Waals surface area (Å²) < 4.78 is 4.68. The Morgan fingerprint density at radius 3 is 2.71 bits per heavy atom. The Kier molecular flexibility index (Phi) is 6.29. The number of likely N-dealkylation sites (tertiary alicyclic amines) is 1. The third-order valence-corrected chi connectivity index (χ3v) is 3.60. The number of carbonyl (C=O) groups excluding carboxylic acids is 1. The number of amides is 1. The topological polar surface area (TPSA) is 67.6 Å². The largest absolute Gasteiger partial charge is 0.448 e. The number of rotatable bonds is 6. The molecule has 5 nitrogen and oxygen atoms in total. The molecule has 1 atom stereocenters. The second kappa shape index (κ2) is 7.50. The second-order valence-corrected chi connectivity index (χ2v) is 4.68. The summed E-state index contributed by atoms with van der Waals surface area (Å²) in [5.41, 5.74) is 4.89. The standard InChI is InChI=1S/C12H25N3O2/c1-3-15-7-4-11(5-8-15)10(2)14-6-9-17-12(13)16/h10-11,14H,3-9H2,1-2H3,(H2,13,16). The normalized spacial score (nSPS) is 20.1. The zero-order chi connectivity index (χ0) is 12.7. The molecule has 5 heteroatoms. The van der Waals surface area contributed by atoms with Crippen LogP contribution >= 0.6 is 0 Å². The van der Waals surface area contributed by atoms with Gasteiger partial charge in [0.05, 0.1) is 0 Å². The van der Waals surface area contributed by atoms with E-state index in [0.29, 0.717) is 19.2 Å². The average molecular weight is 243 g/mol. The lowest BCUT2D eigenvalue weighted by atomic mass is 9.90. The summed E-state index contributed by atoms with van der Waals surface area (Å²) in [5.74, 6) is 0.728. The molecule has 17 heavy (non-hydrogen) atoms. The molecule has 0 spiro atoms. The maximum Gasteiger partial charge on any atom is 0.404 e. The van der Waals surface area contributed by atoms with Crippen molar-refractivity contribution in [1.82, 2.24) is 10.2 Å². The summed E-state index contributed by atoms with van der Waals surface area (Å²) in [7, 11) is 0. The summed E-state index contributed by atoms with van der Waals surface area (Å²) in [6.45, 7) is 9.00. The summed E-state index contributed by atoms with van der Waals surface area (Å²) in [6.07, 6.45) is 1.80. The highest BCUT2D eigenvalue weighted by molar-refractivity contribution is 5.64. The van der Waals surface area contributed by atoms with Crippen molar-refractivity contribution in [1.29, 1.82) is 0 Å². The first-order valence-electron chi connectivity index (χ1n) is 6.51. The minimum Gasteiger partial charge on any atom is -0.448 e. The van der Waals surface area contributed by atoms with E-state index in [1.54, 1.807) is 0 Å². The summed E-state index contributed by atoms with van der Waals surface area (Å²) in [6, 6.07) is 0.477. The quantitative estimate of drug-likeness (QED) is 0.677. The maximum atomic E-state index is 10.4. The highest BCUT2D eigenvalue weighted by atomic mass is 16.5. The van der Waals surface area contributed by atoms with E-state index in [4.69, 9.17) is 5.73 Å². The van der Waals surface area contributed by atoms with Crippen LogP contribution in [0.5, 0.6) is 0 Å². The number of piperidine rings is 1. The van der Waals surface area contributed by atoms with Crippen molar-refractivity contribution in [3.05, 3.63) is 0 Å². The maximum absolute atomic E-state index is 10.4. The molecule has 0 saturated carbocycles. The van der Waals surface area contributed by atoms with Gasteiger partial charge in [-0.25, -0.2) is 4.79 Å². The molecule has 100 valence electrons. The molecule has 1 unspecified atom stereocenters. The molecule has 0 aromatic heterocycles. The Labute approximate surface area is 104 Å². The lowest BCUT2D eigenvalue weighted by Crippen LogP contribution is -2.42. The molecule has 1 aliphatic heterocycles. The predicted octanol–water partition coefficient (Wildman–Crippen LogP) is 0.792. The lowest BCUT2D eigenvalue weighted by Gasteiger charge is -2.34. The van der Waals surface area contributed by atoms with Crippen LogP contribution in [0.25, 0.3) is 0 Å². The number of nitrogens with two attached hydrogens (primary N) is 1. The number of nitrogens with zero attached hydrogens (tertiary/aromatic N) is 1. The molecule has 1 rings (SSSR count). The van der Waals surface area contributed by atoms with E-state index in [9.17, 15) is 4.79 Å². The van der Waals surface area contributed by atoms with E-state index in [2.05, 4.69) is 28.8 Å². The van der Waals surface area contributed by atoms with Gasteiger partial charge in [-0.05, 0) is 45.3 Å². The van der Waals surface area contributed by atoms with Gasteiger partial charge in [-0.1, -0.05) is 6.92 Å². The highest BCUT2D eigenvalue weighted by Crippen LogP contribution is 2.20. The SMILES string of the molecule is CCN1CCC(C(C)NCCOC(N)=O)CC1. The van der Waals surface area contributed by atoms with Gasteiger partial charge >= 0.3 is 6.09 Å². The first-order valence-corrected chi connectivity index (χ1v) is 6.51.